The maximum atomic E-state index is 11.9. The fourth-order valence-electron chi connectivity index (χ4n) is 2.00. The van der Waals surface area contributed by atoms with Crippen LogP contribution in [0.3, 0.4) is 0 Å². The van der Waals surface area contributed by atoms with E-state index in [-0.39, 0.29) is 12.2 Å². The molecule has 1 fully saturated rings. The van der Waals surface area contributed by atoms with Gasteiger partial charge in [-0.05, 0) is 26.8 Å². The van der Waals surface area contributed by atoms with Crippen molar-refractivity contribution in [2.24, 2.45) is 0 Å². The van der Waals surface area contributed by atoms with Crippen LogP contribution in [-0.2, 0) is 4.74 Å². The molecule has 1 saturated heterocycles. The van der Waals surface area contributed by atoms with Crippen molar-refractivity contribution in [3.05, 3.63) is 23.9 Å². The molecule has 1 amide bonds. The fraction of sp³-hybridized carbons (Fsp3) is 0.533. The molecule has 0 unspecified atom stereocenters. The summed E-state index contributed by atoms with van der Waals surface area (Å²) in [6.07, 6.45) is 1.79. The van der Waals surface area contributed by atoms with Crippen molar-refractivity contribution >= 4 is 6.09 Å². The summed E-state index contributed by atoms with van der Waals surface area (Å²) in [5.74, 6) is 0.463. The van der Waals surface area contributed by atoms with Crippen LogP contribution < -0.4 is 4.74 Å². The topological polar surface area (TPSA) is 75.4 Å². The van der Waals surface area contributed by atoms with Gasteiger partial charge in [-0.25, -0.2) is 9.78 Å². The lowest BCUT2D eigenvalue weighted by Gasteiger charge is -2.24. The van der Waals surface area contributed by atoms with E-state index in [0.29, 0.717) is 24.5 Å². The van der Waals surface area contributed by atoms with Crippen LogP contribution in [0, 0.1) is 11.3 Å². The van der Waals surface area contributed by atoms with E-state index in [1.807, 2.05) is 26.8 Å². The molecule has 6 nitrogen and oxygen atoms in total. The van der Waals surface area contributed by atoms with Crippen LogP contribution in [0.5, 0.6) is 5.88 Å². The van der Waals surface area contributed by atoms with Gasteiger partial charge in [0.25, 0.3) is 0 Å². The molecule has 1 aromatic rings. The molecule has 6 heteroatoms. The minimum Gasteiger partial charge on any atom is -0.472 e. The average Bonchev–Trinajstić information content (AvgIpc) is 2.86. The number of aromatic nitrogens is 1. The van der Waals surface area contributed by atoms with Gasteiger partial charge in [0, 0.05) is 25.2 Å². The number of hydrogen-bond donors (Lipinski definition) is 0. The lowest BCUT2D eigenvalue weighted by atomic mass is 10.2. The number of carbonyl (C=O) groups is 1. The Hall–Kier alpha value is -2.29. The largest absolute Gasteiger partial charge is 0.472 e. The maximum Gasteiger partial charge on any atom is 0.410 e. The highest BCUT2D eigenvalue weighted by molar-refractivity contribution is 5.68. The molecule has 1 atom stereocenters. The third-order valence-electron chi connectivity index (χ3n) is 2.95. The zero-order chi connectivity index (χ0) is 15.5. The Bertz CT molecular complexity index is 543. The first-order chi connectivity index (χ1) is 9.87. The Morgan fingerprint density at radius 3 is 2.81 bits per heavy atom. The molecule has 0 N–H and O–H groups in total. The molecular weight excluding hydrogens is 270 g/mol. The van der Waals surface area contributed by atoms with Gasteiger partial charge in [-0.15, -0.1) is 0 Å². The quantitative estimate of drug-likeness (QED) is 0.835. The van der Waals surface area contributed by atoms with Crippen LogP contribution in [0.1, 0.15) is 32.8 Å². The molecule has 0 spiro atoms. The summed E-state index contributed by atoms with van der Waals surface area (Å²) < 4.78 is 11.0. The number of hydrogen-bond acceptors (Lipinski definition) is 5. The summed E-state index contributed by atoms with van der Waals surface area (Å²) in [6, 6.07) is 5.32. The molecule has 0 bridgehead atoms. The zero-order valence-electron chi connectivity index (χ0n) is 12.5. The summed E-state index contributed by atoms with van der Waals surface area (Å²) in [5.41, 5.74) is -0.00537. The Kier molecular flexibility index (Phi) is 4.32. The first-order valence-electron chi connectivity index (χ1n) is 6.88. The molecule has 21 heavy (non-hydrogen) atoms. The average molecular weight is 289 g/mol. The summed E-state index contributed by atoms with van der Waals surface area (Å²) in [4.78, 5) is 17.6. The second-order valence-electron chi connectivity index (χ2n) is 5.95. The van der Waals surface area contributed by atoms with E-state index in [9.17, 15) is 4.79 Å². The minimum absolute atomic E-state index is 0.0991. The van der Waals surface area contributed by atoms with E-state index in [1.165, 1.54) is 6.20 Å². The molecule has 112 valence electrons. The smallest absolute Gasteiger partial charge is 0.410 e. The van der Waals surface area contributed by atoms with E-state index < -0.39 is 5.60 Å². The highest BCUT2D eigenvalue weighted by atomic mass is 16.6. The number of carbonyl (C=O) groups excluding carboxylic acids is 1. The Balaban J connectivity index is 1.87. The van der Waals surface area contributed by atoms with Crippen LogP contribution in [0.2, 0.25) is 0 Å². The van der Waals surface area contributed by atoms with Crippen molar-refractivity contribution in [2.45, 2.75) is 38.9 Å². The van der Waals surface area contributed by atoms with Gasteiger partial charge in [-0.1, -0.05) is 0 Å². The van der Waals surface area contributed by atoms with Crippen LogP contribution in [-0.4, -0.2) is 40.8 Å². The Morgan fingerprint density at radius 1 is 1.48 bits per heavy atom. The lowest BCUT2D eigenvalue weighted by molar-refractivity contribution is 0.0275. The second kappa shape index (κ2) is 6.00. The monoisotopic (exact) mass is 289 g/mol. The van der Waals surface area contributed by atoms with Crippen molar-refractivity contribution in [3.63, 3.8) is 0 Å². The van der Waals surface area contributed by atoms with E-state index >= 15 is 0 Å². The van der Waals surface area contributed by atoms with Gasteiger partial charge in [-0.3, -0.25) is 0 Å². The molecule has 2 heterocycles. The van der Waals surface area contributed by atoms with Gasteiger partial charge in [0.1, 0.15) is 17.8 Å². The Morgan fingerprint density at radius 2 is 2.24 bits per heavy atom. The maximum absolute atomic E-state index is 11.9. The number of nitriles is 1. The first kappa shape index (κ1) is 15.1. The molecular formula is C15H19N3O3. The highest BCUT2D eigenvalue weighted by Gasteiger charge is 2.30. The number of nitrogens with zero attached hydrogens (tertiary/aromatic N) is 3. The van der Waals surface area contributed by atoms with Gasteiger partial charge in [-0.2, -0.15) is 5.26 Å². The van der Waals surface area contributed by atoms with Crippen LogP contribution >= 0.6 is 0 Å². The molecule has 0 saturated carbocycles. The van der Waals surface area contributed by atoms with Crippen molar-refractivity contribution in [1.29, 1.82) is 5.26 Å². The molecule has 0 radical (unpaired) electrons. The molecule has 1 aromatic heterocycles. The molecule has 0 aromatic carbocycles. The molecule has 0 aliphatic carbocycles. The minimum atomic E-state index is -0.495. The number of rotatable bonds is 2. The summed E-state index contributed by atoms with van der Waals surface area (Å²) in [7, 11) is 0. The Labute approximate surface area is 124 Å². The first-order valence-corrected chi connectivity index (χ1v) is 6.88. The predicted molar refractivity (Wildman–Crippen MR) is 75.8 cm³/mol. The number of pyridine rings is 1. The second-order valence-corrected chi connectivity index (χ2v) is 5.95. The van der Waals surface area contributed by atoms with Crippen molar-refractivity contribution in [1.82, 2.24) is 9.88 Å². The number of amides is 1. The predicted octanol–water partition coefficient (Wildman–Crippen LogP) is 2.34. The highest BCUT2D eigenvalue weighted by Crippen LogP contribution is 2.19. The number of ether oxygens (including phenoxy) is 2. The summed E-state index contributed by atoms with van der Waals surface area (Å²) >= 11 is 0. The van der Waals surface area contributed by atoms with E-state index in [4.69, 9.17) is 14.7 Å². The van der Waals surface area contributed by atoms with Crippen molar-refractivity contribution in [3.8, 4) is 11.9 Å². The number of likely N-dealkylation sites (tertiary alicyclic amines) is 1. The normalized spacial score (nSPS) is 18.2. The molecule has 1 aliphatic rings. The van der Waals surface area contributed by atoms with Crippen molar-refractivity contribution in [2.75, 3.05) is 13.1 Å². The fourth-order valence-corrected chi connectivity index (χ4v) is 2.00. The van der Waals surface area contributed by atoms with Crippen LogP contribution in [0.15, 0.2) is 18.3 Å². The van der Waals surface area contributed by atoms with Gasteiger partial charge >= 0.3 is 6.09 Å². The molecule has 2 rings (SSSR count). The van der Waals surface area contributed by atoms with Gasteiger partial charge in [0.2, 0.25) is 5.88 Å². The molecule has 1 aliphatic heterocycles. The third kappa shape index (κ3) is 4.35. The van der Waals surface area contributed by atoms with Gasteiger partial charge in [0.05, 0.1) is 12.1 Å². The van der Waals surface area contributed by atoms with Gasteiger partial charge < -0.3 is 14.4 Å². The van der Waals surface area contributed by atoms with E-state index in [2.05, 4.69) is 4.98 Å². The van der Waals surface area contributed by atoms with Crippen LogP contribution in [0.25, 0.3) is 0 Å². The SMILES string of the molecule is CC(C)(C)OC(=O)N1CC[C@H](Oc2ccc(C#N)cn2)C1. The third-order valence-corrected chi connectivity index (χ3v) is 2.95. The lowest BCUT2D eigenvalue weighted by Crippen LogP contribution is -2.36. The van der Waals surface area contributed by atoms with E-state index in [1.54, 1.807) is 17.0 Å². The summed E-state index contributed by atoms with van der Waals surface area (Å²) in [5, 5.41) is 8.71. The zero-order valence-corrected chi connectivity index (χ0v) is 12.5. The summed E-state index contributed by atoms with van der Waals surface area (Å²) in [6.45, 7) is 6.62. The van der Waals surface area contributed by atoms with Crippen molar-refractivity contribution < 1.29 is 14.3 Å². The van der Waals surface area contributed by atoms with Crippen LogP contribution in [0.4, 0.5) is 4.79 Å². The van der Waals surface area contributed by atoms with Gasteiger partial charge in [0.15, 0.2) is 0 Å². The van der Waals surface area contributed by atoms with E-state index in [0.717, 1.165) is 6.42 Å². The standard InChI is InChI=1S/C15H19N3O3/c1-15(2,3)21-14(19)18-7-6-12(10-18)20-13-5-4-11(8-16)9-17-13/h4-5,9,12H,6-7,10H2,1-3H3/t12-/m0/s1.